The third kappa shape index (κ3) is 7.79. The molecule has 4 bridgehead atoms. The molecule has 0 aromatic heterocycles. The second-order valence-corrected chi connectivity index (χ2v) is 12.6. The molecular formula is C28H41N3O4S. The number of nitrogens with one attached hydrogen (secondary N) is 1. The van der Waals surface area contributed by atoms with E-state index >= 15 is 0 Å². The van der Waals surface area contributed by atoms with Crippen molar-refractivity contribution in [1.29, 1.82) is 0 Å². The molecule has 2 aromatic carbocycles. The van der Waals surface area contributed by atoms with E-state index in [4.69, 9.17) is 10.5 Å². The van der Waals surface area contributed by atoms with Gasteiger partial charge in [0.05, 0.1) is 25.2 Å². The molecule has 0 radical (unpaired) electrons. The van der Waals surface area contributed by atoms with E-state index < -0.39 is 15.6 Å². The molecule has 8 heteroatoms. The number of nitrogens with two attached hydrogens (primary N) is 1. The minimum atomic E-state index is -3.51. The predicted molar refractivity (Wildman–Crippen MR) is 146 cm³/mol. The van der Waals surface area contributed by atoms with Gasteiger partial charge in [-0.25, -0.2) is 8.42 Å². The third-order valence-corrected chi connectivity index (χ3v) is 7.71. The van der Waals surface area contributed by atoms with Gasteiger partial charge in [0.15, 0.2) is 0 Å². The van der Waals surface area contributed by atoms with Gasteiger partial charge in [0.25, 0.3) is 5.91 Å². The average molecular weight is 516 g/mol. The van der Waals surface area contributed by atoms with Crippen LogP contribution in [0.5, 0.6) is 0 Å². The van der Waals surface area contributed by atoms with E-state index in [-0.39, 0.29) is 24.5 Å². The molecule has 198 valence electrons. The van der Waals surface area contributed by atoms with Gasteiger partial charge in [-0.3, -0.25) is 9.10 Å². The van der Waals surface area contributed by atoms with E-state index in [0.29, 0.717) is 37.2 Å². The van der Waals surface area contributed by atoms with E-state index in [1.165, 1.54) is 16.1 Å². The van der Waals surface area contributed by atoms with Crippen molar-refractivity contribution < 1.29 is 17.9 Å². The highest BCUT2D eigenvalue weighted by Crippen LogP contribution is 2.24. The Morgan fingerprint density at radius 3 is 2.56 bits per heavy atom. The van der Waals surface area contributed by atoms with Gasteiger partial charge < -0.3 is 15.8 Å². The number of nitrogens with zero attached hydrogens (tertiary/aromatic N) is 1. The van der Waals surface area contributed by atoms with Crippen molar-refractivity contribution in [3.05, 3.63) is 64.7 Å². The van der Waals surface area contributed by atoms with Crippen LogP contribution >= 0.6 is 0 Å². The van der Waals surface area contributed by atoms with Gasteiger partial charge in [-0.2, -0.15) is 0 Å². The zero-order valence-corrected chi connectivity index (χ0v) is 23.0. The summed E-state index contributed by atoms with van der Waals surface area (Å²) >= 11 is 0. The van der Waals surface area contributed by atoms with Gasteiger partial charge in [-0.1, -0.05) is 45.0 Å². The molecule has 2 atom stereocenters. The Balaban J connectivity index is 2.02. The van der Waals surface area contributed by atoms with Crippen LogP contribution in [0, 0.1) is 5.92 Å². The monoisotopic (exact) mass is 515 g/mol. The molecule has 3 rings (SSSR count). The van der Waals surface area contributed by atoms with Crippen LogP contribution in [-0.2, 0) is 34.2 Å². The summed E-state index contributed by atoms with van der Waals surface area (Å²) in [7, 11) is -3.51. The van der Waals surface area contributed by atoms with Crippen LogP contribution in [0.4, 0.5) is 5.69 Å². The Labute approximate surface area is 216 Å². The molecule has 7 nitrogen and oxygen atoms in total. The molecule has 0 fully saturated rings. The van der Waals surface area contributed by atoms with Gasteiger partial charge in [0, 0.05) is 23.7 Å². The number of aryl methyl sites for hydroxylation is 1. The minimum absolute atomic E-state index is 0.0288. The summed E-state index contributed by atoms with van der Waals surface area (Å²) < 4.78 is 32.5. The quantitative estimate of drug-likeness (QED) is 0.626. The lowest BCUT2D eigenvalue weighted by Crippen LogP contribution is -2.43. The Bertz CT molecular complexity index is 1160. The van der Waals surface area contributed by atoms with E-state index in [1.807, 2.05) is 13.8 Å². The maximum absolute atomic E-state index is 13.4. The van der Waals surface area contributed by atoms with Crippen LogP contribution in [0.15, 0.2) is 42.5 Å². The van der Waals surface area contributed by atoms with Crippen LogP contribution in [0.1, 0.15) is 67.6 Å². The number of hydrogen-bond donors (Lipinski definition) is 2. The number of hydrogen-bond acceptors (Lipinski definition) is 5. The maximum atomic E-state index is 13.4. The van der Waals surface area contributed by atoms with Crippen molar-refractivity contribution >= 4 is 21.6 Å². The molecule has 0 spiro atoms. The second-order valence-electron chi connectivity index (χ2n) is 10.7. The first-order chi connectivity index (χ1) is 16.9. The fourth-order valence-electron chi connectivity index (χ4n) is 4.68. The van der Waals surface area contributed by atoms with E-state index in [1.54, 1.807) is 18.2 Å². The highest BCUT2D eigenvalue weighted by atomic mass is 32.2. The number of benzene rings is 2. The summed E-state index contributed by atoms with van der Waals surface area (Å²) in [5.74, 6) is 0.0215. The van der Waals surface area contributed by atoms with Gasteiger partial charge in [-0.15, -0.1) is 0 Å². The fourth-order valence-corrected chi connectivity index (χ4v) is 5.69. The number of anilines is 1. The summed E-state index contributed by atoms with van der Waals surface area (Å²) in [5, 5.41) is 3.20. The van der Waals surface area contributed by atoms with Crippen LogP contribution in [0.3, 0.4) is 0 Å². The van der Waals surface area contributed by atoms with Crippen molar-refractivity contribution in [2.24, 2.45) is 11.7 Å². The molecular weight excluding hydrogens is 474 g/mol. The molecule has 3 N–H and O–H groups in total. The topological polar surface area (TPSA) is 102 Å². The molecule has 2 aromatic rings. The van der Waals surface area contributed by atoms with Crippen LogP contribution < -0.4 is 15.4 Å². The zero-order valence-electron chi connectivity index (χ0n) is 22.2. The van der Waals surface area contributed by atoms with Crippen molar-refractivity contribution in [1.82, 2.24) is 5.32 Å². The first-order valence-corrected chi connectivity index (χ1v) is 14.6. The molecule has 1 heterocycles. The highest BCUT2D eigenvalue weighted by molar-refractivity contribution is 7.92. The van der Waals surface area contributed by atoms with Gasteiger partial charge in [0.1, 0.15) is 0 Å². The molecule has 1 aliphatic heterocycles. The number of rotatable bonds is 5. The number of ether oxygens (including phenoxy) is 1. The molecule has 1 aliphatic rings. The number of amides is 1. The third-order valence-electron chi connectivity index (χ3n) is 6.52. The van der Waals surface area contributed by atoms with Crippen molar-refractivity contribution in [2.75, 3.05) is 23.7 Å². The lowest BCUT2D eigenvalue weighted by atomic mass is 9.91. The van der Waals surface area contributed by atoms with E-state index in [9.17, 15) is 13.2 Å². The summed E-state index contributed by atoms with van der Waals surface area (Å²) in [5.41, 5.74) is 10.0. The summed E-state index contributed by atoms with van der Waals surface area (Å²) in [6.07, 6.45) is 4.14. The smallest absolute Gasteiger partial charge is 0.251 e. The van der Waals surface area contributed by atoms with Gasteiger partial charge >= 0.3 is 0 Å². The SMILES string of the molecule is CCCN(c1cc2cc(c1)C(=O)N[C@@H](C(C)C)CCc1cccc(c1)C[C@@](C)(N)COC2)S(C)(=O)=O. The molecule has 36 heavy (non-hydrogen) atoms. The lowest BCUT2D eigenvalue weighted by molar-refractivity contribution is 0.0789. The Morgan fingerprint density at radius 2 is 1.89 bits per heavy atom. The Kier molecular flexibility index (Phi) is 9.19. The fraction of sp³-hybridized carbons (Fsp3) is 0.536. The second kappa shape index (κ2) is 11.8. The number of fused-ring (bicyclic) bond motifs is 4. The Morgan fingerprint density at radius 1 is 1.17 bits per heavy atom. The van der Waals surface area contributed by atoms with Crippen LogP contribution in [-0.4, -0.2) is 45.3 Å². The minimum Gasteiger partial charge on any atom is -0.375 e. The van der Waals surface area contributed by atoms with Crippen molar-refractivity contribution in [3.8, 4) is 0 Å². The largest absolute Gasteiger partial charge is 0.375 e. The van der Waals surface area contributed by atoms with E-state index in [2.05, 4.69) is 43.4 Å². The normalized spacial score (nSPS) is 21.8. The number of sulfonamides is 1. The lowest BCUT2D eigenvalue weighted by Gasteiger charge is -2.27. The van der Waals surface area contributed by atoms with Gasteiger partial charge in [0.2, 0.25) is 10.0 Å². The standard InChI is InChI=1S/C28H41N3O4S/c1-6-12-31(36(5,33)34)25-15-23-14-24(16-25)27(32)30-26(20(2)3)11-10-21-8-7-9-22(13-21)17-28(4,29)19-35-18-23/h7-9,13-16,20,26H,6,10-12,17-19,29H2,1-5H3,(H,30,32)/t26-,28-/m1/s1. The Hall–Kier alpha value is -2.42. The first-order valence-electron chi connectivity index (χ1n) is 12.7. The highest BCUT2D eigenvalue weighted by Gasteiger charge is 2.24. The zero-order chi connectivity index (χ0) is 26.5. The van der Waals surface area contributed by atoms with E-state index in [0.717, 1.165) is 24.0 Å². The van der Waals surface area contributed by atoms with Crippen LogP contribution in [0.2, 0.25) is 0 Å². The molecule has 0 unspecified atom stereocenters. The van der Waals surface area contributed by atoms with Crippen molar-refractivity contribution in [3.63, 3.8) is 0 Å². The maximum Gasteiger partial charge on any atom is 0.251 e. The summed E-state index contributed by atoms with van der Waals surface area (Å²) in [6, 6.07) is 13.6. The average Bonchev–Trinajstić information content (AvgIpc) is 2.78. The molecule has 0 saturated heterocycles. The number of carbonyl (C=O) groups is 1. The molecule has 0 aliphatic carbocycles. The number of carbonyl (C=O) groups excluding carboxylic acids is 1. The van der Waals surface area contributed by atoms with Crippen molar-refractivity contribution in [2.45, 2.75) is 71.6 Å². The summed E-state index contributed by atoms with van der Waals surface area (Å²) in [4.78, 5) is 13.4. The predicted octanol–water partition coefficient (Wildman–Crippen LogP) is 4.04. The summed E-state index contributed by atoms with van der Waals surface area (Å²) in [6.45, 7) is 8.97. The van der Waals surface area contributed by atoms with Gasteiger partial charge in [-0.05, 0) is 73.4 Å². The molecule has 0 saturated carbocycles. The molecule has 1 amide bonds. The van der Waals surface area contributed by atoms with Crippen LogP contribution in [0.25, 0.3) is 0 Å². The first kappa shape index (κ1) is 28.2.